The third kappa shape index (κ3) is 9.79. The number of methoxy groups -OCH3 is 1. The Bertz CT molecular complexity index is 905. The minimum absolute atomic E-state index is 0.271. The molecule has 0 spiro atoms. The third-order valence-corrected chi connectivity index (χ3v) is 4.86. The molecule has 0 fully saturated rings. The molecule has 186 valence electrons. The van der Waals surface area contributed by atoms with Crippen molar-refractivity contribution >= 4 is 23.9 Å². The number of nitrogens with zero attached hydrogens (tertiary/aromatic N) is 1. The monoisotopic (exact) mass is 492 g/mol. The van der Waals surface area contributed by atoms with Crippen LogP contribution < -0.4 is 24.4 Å². The zero-order chi connectivity index (χ0) is 24.6. The van der Waals surface area contributed by atoms with Crippen molar-refractivity contribution in [2.75, 3.05) is 33.5 Å². The summed E-state index contributed by atoms with van der Waals surface area (Å²) in [6, 6.07) is 10.9. The lowest BCUT2D eigenvalue weighted by Gasteiger charge is -2.15. The number of hydrogen-bond acceptors (Lipinski definition) is 7. The summed E-state index contributed by atoms with van der Waals surface area (Å²) in [6.45, 7) is 5.80. The molecule has 1 N–H and O–H groups in total. The molecule has 2 aromatic carbocycles. The second-order valence-corrected chi connectivity index (χ2v) is 7.61. The first-order valence-electron chi connectivity index (χ1n) is 11.4. The number of carbonyl (C=O) groups is 1. The van der Waals surface area contributed by atoms with Gasteiger partial charge < -0.3 is 23.7 Å². The lowest BCUT2D eigenvalue weighted by molar-refractivity contribution is 0.171. The largest absolute Gasteiger partial charge is 0.494 e. The number of benzene rings is 2. The van der Waals surface area contributed by atoms with Crippen LogP contribution in [0.2, 0.25) is 5.02 Å². The van der Waals surface area contributed by atoms with Crippen LogP contribution in [0, 0.1) is 0 Å². The zero-order valence-electron chi connectivity index (χ0n) is 20.0. The number of rotatable bonds is 15. The minimum Gasteiger partial charge on any atom is -0.494 e. The summed E-state index contributed by atoms with van der Waals surface area (Å²) in [5, 5.41) is 4.15. The Hall–Kier alpha value is -3.13. The van der Waals surface area contributed by atoms with Crippen LogP contribution in [0.4, 0.5) is 4.79 Å². The summed E-state index contributed by atoms with van der Waals surface area (Å²) in [4.78, 5) is 11.1. The number of hydrazone groups is 1. The summed E-state index contributed by atoms with van der Waals surface area (Å²) in [5.41, 5.74) is 2.84. The van der Waals surface area contributed by atoms with Crippen molar-refractivity contribution < 1.29 is 28.5 Å². The van der Waals surface area contributed by atoms with Gasteiger partial charge in [0.25, 0.3) is 0 Å². The molecule has 0 atom stereocenters. The van der Waals surface area contributed by atoms with Crippen molar-refractivity contribution in [2.24, 2.45) is 5.10 Å². The van der Waals surface area contributed by atoms with Gasteiger partial charge in [-0.1, -0.05) is 37.8 Å². The number of halogens is 1. The van der Waals surface area contributed by atoms with E-state index in [4.69, 9.17) is 30.5 Å². The van der Waals surface area contributed by atoms with Gasteiger partial charge in [-0.3, -0.25) is 0 Å². The van der Waals surface area contributed by atoms with E-state index in [0.717, 1.165) is 24.5 Å². The quantitative estimate of drug-likeness (QED) is 0.191. The summed E-state index contributed by atoms with van der Waals surface area (Å²) >= 11 is 6.39. The Labute approximate surface area is 206 Å². The fourth-order valence-corrected chi connectivity index (χ4v) is 3.20. The Morgan fingerprint density at radius 3 is 2.26 bits per heavy atom. The normalized spacial score (nSPS) is 10.7. The standard InChI is InChI=1S/C25H33ClN2O6/c1-4-6-7-8-13-32-20-9-11-21(12-10-20)33-14-15-34-24-22(26)16-19(17-23(24)31-5-2)18-27-28-25(29)30-3/h9-12,16-18H,4-8,13-15H2,1-3H3,(H,28,29)/b27-18-. The first kappa shape index (κ1) is 27.1. The molecular weight excluding hydrogens is 460 g/mol. The van der Waals surface area contributed by atoms with Crippen LogP contribution in [0.15, 0.2) is 41.5 Å². The topological polar surface area (TPSA) is 87.6 Å². The second-order valence-electron chi connectivity index (χ2n) is 7.20. The van der Waals surface area contributed by atoms with Gasteiger partial charge in [-0.15, -0.1) is 0 Å². The predicted molar refractivity (Wildman–Crippen MR) is 133 cm³/mol. The number of amides is 1. The van der Waals surface area contributed by atoms with Crippen LogP contribution in [0.3, 0.4) is 0 Å². The van der Waals surface area contributed by atoms with Crippen LogP contribution in [0.1, 0.15) is 45.1 Å². The van der Waals surface area contributed by atoms with E-state index in [2.05, 4.69) is 22.2 Å². The Morgan fingerprint density at radius 1 is 0.941 bits per heavy atom. The van der Waals surface area contributed by atoms with E-state index in [1.807, 2.05) is 31.2 Å². The zero-order valence-corrected chi connectivity index (χ0v) is 20.7. The number of ether oxygens (including phenoxy) is 5. The molecule has 0 aromatic heterocycles. The lowest BCUT2D eigenvalue weighted by atomic mass is 10.2. The predicted octanol–water partition coefficient (Wildman–Crippen LogP) is 5.85. The molecule has 0 heterocycles. The summed E-state index contributed by atoms with van der Waals surface area (Å²) in [7, 11) is 1.25. The maximum atomic E-state index is 11.1. The van der Waals surface area contributed by atoms with E-state index in [9.17, 15) is 4.79 Å². The van der Waals surface area contributed by atoms with Crippen LogP contribution in [0.5, 0.6) is 23.0 Å². The molecule has 0 aliphatic heterocycles. The fourth-order valence-electron chi connectivity index (χ4n) is 2.92. The van der Waals surface area contributed by atoms with Gasteiger partial charge in [-0.05, 0) is 55.3 Å². The molecule has 34 heavy (non-hydrogen) atoms. The highest BCUT2D eigenvalue weighted by Gasteiger charge is 2.12. The van der Waals surface area contributed by atoms with Crippen molar-refractivity contribution in [3.8, 4) is 23.0 Å². The Morgan fingerprint density at radius 2 is 1.62 bits per heavy atom. The van der Waals surface area contributed by atoms with E-state index in [0.29, 0.717) is 35.3 Å². The third-order valence-electron chi connectivity index (χ3n) is 4.58. The van der Waals surface area contributed by atoms with Crippen LogP contribution in [-0.2, 0) is 4.74 Å². The van der Waals surface area contributed by atoms with E-state index >= 15 is 0 Å². The van der Waals surface area contributed by atoms with Gasteiger partial charge in [-0.25, -0.2) is 10.2 Å². The summed E-state index contributed by atoms with van der Waals surface area (Å²) in [6.07, 6.45) is 5.46. The molecule has 2 aromatic rings. The van der Waals surface area contributed by atoms with Gasteiger partial charge >= 0.3 is 6.09 Å². The van der Waals surface area contributed by atoms with Gasteiger partial charge in [0.2, 0.25) is 0 Å². The molecule has 1 amide bonds. The molecule has 2 rings (SSSR count). The number of nitrogens with one attached hydrogen (secondary N) is 1. The van der Waals surface area contributed by atoms with Crippen LogP contribution in [0.25, 0.3) is 0 Å². The fraction of sp³-hybridized carbons (Fsp3) is 0.440. The van der Waals surface area contributed by atoms with Crippen molar-refractivity contribution in [1.29, 1.82) is 0 Å². The van der Waals surface area contributed by atoms with Gasteiger partial charge in [-0.2, -0.15) is 5.10 Å². The molecular formula is C25H33ClN2O6. The van der Waals surface area contributed by atoms with Crippen molar-refractivity contribution in [2.45, 2.75) is 39.5 Å². The average Bonchev–Trinajstić information content (AvgIpc) is 2.84. The molecule has 0 saturated heterocycles. The van der Waals surface area contributed by atoms with Crippen molar-refractivity contribution in [3.05, 3.63) is 47.0 Å². The van der Waals surface area contributed by atoms with E-state index in [-0.39, 0.29) is 6.61 Å². The molecule has 0 aliphatic rings. The van der Waals surface area contributed by atoms with Crippen molar-refractivity contribution in [3.63, 3.8) is 0 Å². The number of hydrogen-bond donors (Lipinski definition) is 1. The second kappa shape index (κ2) is 15.7. The van der Waals surface area contributed by atoms with E-state index < -0.39 is 6.09 Å². The first-order valence-corrected chi connectivity index (χ1v) is 11.8. The Kier molecular flexibility index (Phi) is 12.5. The van der Waals surface area contributed by atoms with Gasteiger partial charge in [0.1, 0.15) is 24.7 Å². The maximum absolute atomic E-state index is 11.1. The SMILES string of the molecule is CCCCCCOc1ccc(OCCOc2c(Cl)cc(/C=N\NC(=O)OC)cc2OCC)cc1. The number of unbranched alkanes of at least 4 members (excludes halogenated alkanes) is 3. The highest BCUT2D eigenvalue weighted by atomic mass is 35.5. The molecule has 0 unspecified atom stereocenters. The molecule has 9 heteroatoms. The lowest BCUT2D eigenvalue weighted by Crippen LogP contribution is -2.16. The summed E-state index contributed by atoms with van der Waals surface area (Å²) < 4.78 is 27.4. The van der Waals surface area contributed by atoms with Gasteiger partial charge in [0.05, 0.1) is 31.6 Å². The summed E-state index contributed by atoms with van der Waals surface area (Å²) in [5.74, 6) is 2.44. The molecule has 0 bridgehead atoms. The average molecular weight is 493 g/mol. The molecule has 8 nitrogen and oxygen atoms in total. The maximum Gasteiger partial charge on any atom is 0.427 e. The van der Waals surface area contributed by atoms with Gasteiger partial charge in [0.15, 0.2) is 11.5 Å². The first-order chi connectivity index (χ1) is 16.6. The van der Waals surface area contributed by atoms with Crippen molar-refractivity contribution in [1.82, 2.24) is 5.43 Å². The van der Waals surface area contributed by atoms with Gasteiger partial charge in [0, 0.05) is 0 Å². The smallest absolute Gasteiger partial charge is 0.427 e. The highest BCUT2D eigenvalue weighted by molar-refractivity contribution is 6.32. The molecule has 0 radical (unpaired) electrons. The molecule has 0 aliphatic carbocycles. The highest BCUT2D eigenvalue weighted by Crippen LogP contribution is 2.36. The minimum atomic E-state index is -0.670. The Balaban J connectivity index is 1.84. The van der Waals surface area contributed by atoms with E-state index in [1.165, 1.54) is 32.6 Å². The van der Waals surface area contributed by atoms with E-state index in [1.54, 1.807) is 12.1 Å². The number of carbonyl (C=O) groups excluding carboxylic acids is 1. The molecule has 0 saturated carbocycles. The van der Waals surface area contributed by atoms with Crippen LogP contribution in [-0.4, -0.2) is 45.8 Å². The van der Waals surface area contributed by atoms with Crippen LogP contribution >= 0.6 is 11.6 Å².